The molecular formula is C22H33N5O2S. The molecule has 0 bridgehead atoms. The molecule has 164 valence electrons. The molecule has 0 fully saturated rings. The van der Waals surface area contributed by atoms with Crippen molar-refractivity contribution in [2.45, 2.75) is 52.2 Å². The maximum Gasteiger partial charge on any atom is 0.408 e. The Morgan fingerprint density at radius 1 is 1.23 bits per heavy atom. The minimum absolute atomic E-state index is 0.259. The minimum atomic E-state index is -0.552. The lowest BCUT2D eigenvalue weighted by Crippen LogP contribution is -2.44. The van der Waals surface area contributed by atoms with Gasteiger partial charge in [-0.1, -0.05) is 37.3 Å². The Morgan fingerprint density at radius 3 is 2.57 bits per heavy atom. The van der Waals surface area contributed by atoms with Crippen LogP contribution in [-0.2, 0) is 17.6 Å². The number of nitrogens with zero attached hydrogens (tertiary/aromatic N) is 2. The number of hydrogen-bond donors (Lipinski definition) is 3. The quantitative estimate of drug-likeness (QED) is 0.438. The highest BCUT2D eigenvalue weighted by Crippen LogP contribution is 2.15. The number of carbonyl (C=O) groups is 1. The fourth-order valence-corrected chi connectivity index (χ4v) is 3.58. The van der Waals surface area contributed by atoms with Crippen LogP contribution >= 0.6 is 11.3 Å². The van der Waals surface area contributed by atoms with Crippen LogP contribution in [0, 0.1) is 0 Å². The molecule has 1 unspecified atom stereocenters. The third-order valence-corrected chi connectivity index (χ3v) is 5.37. The van der Waals surface area contributed by atoms with Crippen molar-refractivity contribution in [3.63, 3.8) is 0 Å². The van der Waals surface area contributed by atoms with Crippen LogP contribution < -0.4 is 16.0 Å². The Kier molecular flexibility index (Phi) is 9.11. The first-order valence-corrected chi connectivity index (χ1v) is 11.0. The number of nitrogens with one attached hydrogen (secondary N) is 3. The summed E-state index contributed by atoms with van der Waals surface area (Å²) in [7, 11) is 1.73. The predicted molar refractivity (Wildman–Crippen MR) is 123 cm³/mol. The van der Waals surface area contributed by atoms with Gasteiger partial charge in [0.15, 0.2) is 5.96 Å². The Labute approximate surface area is 183 Å². The van der Waals surface area contributed by atoms with Gasteiger partial charge in [0.1, 0.15) is 5.60 Å². The first-order chi connectivity index (χ1) is 14.3. The second-order valence-electron chi connectivity index (χ2n) is 7.81. The third kappa shape index (κ3) is 8.41. The molecule has 0 spiro atoms. The van der Waals surface area contributed by atoms with E-state index in [1.54, 1.807) is 18.4 Å². The van der Waals surface area contributed by atoms with Crippen molar-refractivity contribution >= 4 is 23.4 Å². The number of alkyl carbamates (subject to hydrolysis) is 1. The molecule has 30 heavy (non-hydrogen) atoms. The standard InChI is InChI=1S/C22H33N5O2S/c1-6-17-14-25-19(30-17)12-13-24-20(23-5)26-15-18(16-10-8-7-9-11-16)27-21(28)29-22(2,3)4/h7-11,14,18H,6,12-13,15H2,1-5H3,(H,27,28)(H2,23,24,26). The van der Waals surface area contributed by atoms with Gasteiger partial charge in [-0.15, -0.1) is 11.3 Å². The van der Waals surface area contributed by atoms with E-state index in [1.807, 2.05) is 57.3 Å². The second-order valence-corrected chi connectivity index (χ2v) is 9.01. The van der Waals surface area contributed by atoms with Gasteiger partial charge in [0.05, 0.1) is 11.0 Å². The predicted octanol–water partition coefficient (Wildman–Crippen LogP) is 3.68. The van der Waals surface area contributed by atoms with E-state index in [-0.39, 0.29) is 6.04 Å². The molecule has 0 aliphatic carbocycles. The Bertz CT molecular complexity index is 814. The van der Waals surface area contributed by atoms with Crippen LogP contribution in [0.5, 0.6) is 0 Å². The van der Waals surface area contributed by atoms with Crippen molar-refractivity contribution in [3.8, 4) is 0 Å². The molecule has 0 aliphatic heterocycles. The topological polar surface area (TPSA) is 87.6 Å². The summed E-state index contributed by atoms with van der Waals surface area (Å²) in [5.41, 5.74) is 0.435. The number of aromatic nitrogens is 1. The molecule has 0 radical (unpaired) electrons. The van der Waals surface area contributed by atoms with Gasteiger partial charge in [0.25, 0.3) is 0 Å². The highest BCUT2D eigenvalue weighted by molar-refractivity contribution is 7.11. The van der Waals surface area contributed by atoms with Crippen LogP contribution in [0.4, 0.5) is 4.79 Å². The maximum absolute atomic E-state index is 12.3. The van der Waals surface area contributed by atoms with Crippen LogP contribution in [-0.4, -0.2) is 42.8 Å². The van der Waals surface area contributed by atoms with Gasteiger partial charge in [-0.25, -0.2) is 9.78 Å². The van der Waals surface area contributed by atoms with E-state index < -0.39 is 11.7 Å². The molecule has 3 N–H and O–H groups in total. The molecule has 1 aromatic carbocycles. The monoisotopic (exact) mass is 431 g/mol. The number of ether oxygens (including phenoxy) is 1. The zero-order valence-corrected chi connectivity index (χ0v) is 19.3. The third-order valence-electron chi connectivity index (χ3n) is 4.17. The van der Waals surface area contributed by atoms with Crippen molar-refractivity contribution in [3.05, 3.63) is 52.0 Å². The summed E-state index contributed by atoms with van der Waals surface area (Å²) in [6.07, 6.45) is 3.35. The van der Waals surface area contributed by atoms with Gasteiger partial charge in [0.2, 0.25) is 0 Å². The molecule has 0 saturated heterocycles. The smallest absolute Gasteiger partial charge is 0.408 e. The number of rotatable bonds is 8. The summed E-state index contributed by atoms with van der Waals surface area (Å²) in [6, 6.07) is 9.55. The lowest BCUT2D eigenvalue weighted by molar-refractivity contribution is 0.0504. The lowest BCUT2D eigenvalue weighted by atomic mass is 10.1. The summed E-state index contributed by atoms with van der Waals surface area (Å²) >= 11 is 1.75. The SMILES string of the molecule is CCc1cnc(CCNC(=NC)NCC(NC(=O)OC(C)(C)C)c2ccccc2)s1. The Hall–Kier alpha value is -2.61. The molecule has 1 aromatic heterocycles. The number of aryl methyl sites for hydroxylation is 1. The van der Waals surface area contributed by atoms with Crippen LogP contribution in [0.2, 0.25) is 0 Å². The first kappa shape index (κ1) is 23.7. The number of guanidine groups is 1. The van der Waals surface area contributed by atoms with E-state index >= 15 is 0 Å². The van der Waals surface area contributed by atoms with Gasteiger partial charge >= 0.3 is 6.09 Å². The molecule has 2 aromatic rings. The first-order valence-electron chi connectivity index (χ1n) is 10.2. The van der Waals surface area contributed by atoms with Crippen molar-refractivity contribution in [2.24, 2.45) is 4.99 Å². The summed E-state index contributed by atoms with van der Waals surface area (Å²) in [4.78, 5) is 22.3. The number of carbonyl (C=O) groups excluding carboxylic acids is 1. The number of benzene rings is 1. The van der Waals surface area contributed by atoms with Crippen LogP contribution in [0.1, 0.15) is 49.2 Å². The molecule has 0 saturated carbocycles. The van der Waals surface area contributed by atoms with E-state index in [4.69, 9.17) is 4.74 Å². The fraction of sp³-hybridized carbons (Fsp3) is 0.500. The number of hydrogen-bond acceptors (Lipinski definition) is 5. The molecule has 8 heteroatoms. The van der Waals surface area contributed by atoms with Gasteiger partial charge < -0.3 is 20.7 Å². The normalized spacial score (nSPS) is 12.9. The van der Waals surface area contributed by atoms with Crippen molar-refractivity contribution in [1.82, 2.24) is 20.9 Å². The van der Waals surface area contributed by atoms with Crippen molar-refractivity contribution < 1.29 is 9.53 Å². The van der Waals surface area contributed by atoms with E-state index in [1.165, 1.54) is 4.88 Å². The van der Waals surface area contributed by atoms with E-state index in [0.717, 1.165) is 30.0 Å². The van der Waals surface area contributed by atoms with Crippen LogP contribution in [0.3, 0.4) is 0 Å². The molecule has 7 nitrogen and oxygen atoms in total. The largest absolute Gasteiger partial charge is 0.444 e. The van der Waals surface area contributed by atoms with Gasteiger partial charge in [-0.3, -0.25) is 4.99 Å². The fourth-order valence-electron chi connectivity index (χ4n) is 2.72. The Balaban J connectivity index is 1.91. The summed E-state index contributed by atoms with van der Waals surface area (Å²) in [5, 5.41) is 10.7. The molecule has 2 rings (SSSR count). The maximum atomic E-state index is 12.3. The van der Waals surface area contributed by atoms with Gasteiger partial charge in [0, 0.05) is 37.6 Å². The van der Waals surface area contributed by atoms with E-state index in [2.05, 4.69) is 32.9 Å². The number of aliphatic imine (C=N–C) groups is 1. The molecule has 1 amide bonds. The van der Waals surface area contributed by atoms with Crippen LogP contribution in [0.25, 0.3) is 0 Å². The van der Waals surface area contributed by atoms with Gasteiger partial charge in [-0.05, 0) is 32.8 Å². The molecule has 1 heterocycles. The van der Waals surface area contributed by atoms with Crippen molar-refractivity contribution in [2.75, 3.05) is 20.1 Å². The average Bonchev–Trinajstić information content (AvgIpc) is 3.16. The lowest BCUT2D eigenvalue weighted by Gasteiger charge is -2.24. The summed E-state index contributed by atoms with van der Waals surface area (Å²) < 4.78 is 5.42. The number of thiazole rings is 1. The summed E-state index contributed by atoms with van der Waals surface area (Å²) in [5.74, 6) is 0.675. The molecule has 1 atom stereocenters. The second kappa shape index (κ2) is 11.5. The zero-order chi connectivity index (χ0) is 22.0. The number of amides is 1. The molecule has 0 aliphatic rings. The van der Waals surface area contributed by atoms with Gasteiger partial charge in [-0.2, -0.15) is 0 Å². The van der Waals surface area contributed by atoms with Crippen molar-refractivity contribution in [1.29, 1.82) is 0 Å². The molecular weight excluding hydrogens is 398 g/mol. The summed E-state index contributed by atoms with van der Waals surface area (Å²) in [6.45, 7) is 8.88. The highest BCUT2D eigenvalue weighted by atomic mass is 32.1. The average molecular weight is 432 g/mol. The minimum Gasteiger partial charge on any atom is -0.444 e. The van der Waals surface area contributed by atoms with E-state index in [9.17, 15) is 4.79 Å². The highest BCUT2D eigenvalue weighted by Gasteiger charge is 2.20. The zero-order valence-electron chi connectivity index (χ0n) is 18.5. The van der Waals surface area contributed by atoms with E-state index in [0.29, 0.717) is 12.5 Å². The van der Waals surface area contributed by atoms with Crippen LogP contribution in [0.15, 0.2) is 41.5 Å². The Morgan fingerprint density at radius 2 is 1.97 bits per heavy atom.